The van der Waals surface area contributed by atoms with Crippen molar-refractivity contribution in [2.75, 3.05) is 6.61 Å². The smallest absolute Gasteiger partial charge is 0.416 e. The van der Waals surface area contributed by atoms with Gasteiger partial charge >= 0.3 is 12.1 Å². The number of hydrogen-bond acceptors (Lipinski definition) is 3. The van der Waals surface area contributed by atoms with E-state index in [2.05, 4.69) is 4.98 Å². The fraction of sp³-hybridized carbons (Fsp3) is 0.200. The van der Waals surface area contributed by atoms with Crippen LogP contribution in [0.2, 0.25) is 0 Å². The van der Waals surface area contributed by atoms with Gasteiger partial charge in [0.1, 0.15) is 0 Å². The molecule has 1 heterocycles. The van der Waals surface area contributed by atoms with E-state index in [1.165, 1.54) is 0 Å². The first kappa shape index (κ1) is 18.7. The summed E-state index contributed by atoms with van der Waals surface area (Å²) in [5, 5.41) is 0.741. The molecule has 27 heavy (non-hydrogen) atoms. The number of carbonyl (C=O) groups is 2. The van der Waals surface area contributed by atoms with Crippen LogP contribution in [0.1, 0.15) is 38.8 Å². The maximum atomic E-state index is 12.5. The minimum atomic E-state index is -4.48. The quantitative estimate of drug-likeness (QED) is 0.515. The van der Waals surface area contributed by atoms with Crippen LogP contribution in [0.3, 0.4) is 0 Å². The molecule has 0 unspecified atom stereocenters. The van der Waals surface area contributed by atoms with Gasteiger partial charge in [0, 0.05) is 22.7 Å². The third kappa shape index (κ3) is 3.86. The Balaban J connectivity index is 1.70. The summed E-state index contributed by atoms with van der Waals surface area (Å²) in [5.74, 6) is -1.25. The van der Waals surface area contributed by atoms with Crippen LogP contribution in [0.4, 0.5) is 13.2 Å². The number of ketones is 1. The van der Waals surface area contributed by atoms with Crippen LogP contribution in [-0.4, -0.2) is 23.3 Å². The van der Waals surface area contributed by atoms with E-state index in [1.807, 2.05) is 19.1 Å². The molecule has 3 rings (SSSR count). The zero-order valence-corrected chi connectivity index (χ0v) is 14.4. The van der Waals surface area contributed by atoms with Crippen molar-refractivity contribution >= 4 is 22.7 Å². The van der Waals surface area contributed by atoms with Crippen molar-refractivity contribution in [3.8, 4) is 0 Å². The Labute approximate surface area is 153 Å². The number of H-pyrrole nitrogens is 1. The van der Waals surface area contributed by atoms with Gasteiger partial charge in [-0.05, 0) is 36.2 Å². The average Bonchev–Trinajstić information content (AvgIpc) is 3.09. The molecule has 2 aromatic carbocycles. The van der Waals surface area contributed by atoms with Crippen molar-refractivity contribution in [1.82, 2.24) is 4.98 Å². The van der Waals surface area contributed by atoms with Gasteiger partial charge in [0.25, 0.3) is 0 Å². The summed E-state index contributed by atoms with van der Waals surface area (Å²) in [6.45, 7) is 1.51. The predicted octanol–water partition coefficient (Wildman–Crippen LogP) is 4.79. The number of aryl methyl sites for hydroxylation is 1. The second kappa shape index (κ2) is 7.26. The number of esters is 1. The highest BCUT2D eigenvalue weighted by Crippen LogP contribution is 2.29. The summed E-state index contributed by atoms with van der Waals surface area (Å²) >= 11 is 0. The number of ether oxygens (including phenoxy) is 1. The molecule has 1 aromatic heterocycles. The maximum Gasteiger partial charge on any atom is 0.416 e. The van der Waals surface area contributed by atoms with E-state index in [0.29, 0.717) is 5.56 Å². The highest BCUT2D eigenvalue weighted by atomic mass is 19.4. The zero-order chi connectivity index (χ0) is 19.6. The number of rotatable bonds is 5. The summed E-state index contributed by atoms with van der Waals surface area (Å²) in [6.07, 6.45) is -2.11. The second-order valence-electron chi connectivity index (χ2n) is 5.97. The molecule has 0 amide bonds. The molecular formula is C20H16F3NO3. The van der Waals surface area contributed by atoms with Gasteiger partial charge in [-0.1, -0.05) is 25.1 Å². The fourth-order valence-electron chi connectivity index (χ4n) is 2.83. The lowest BCUT2D eigenvalue weighted by molar-refractivity contribution is -0.137. The van der Waals surface area contributed by atoms with Crippen LogP contribution in [0.5, 0.6) is 0 Å². The third-order valence-corrected chi connectivity index (χ3v) is 4.27. The topological polar surface area (TPSA) is 59.2 Å². The first-order valence-corrected chi connectivity index (χ1v) is 8.27. The highest BCUT2D eigenvalue weighted by Gasteiger charge is 2.30. The average molecular weight is 375 g/mol. The van der Waals surface area contributed by atoms with E-state index < -0.39 is 30.1 Å². The number of carbonyl (C=O) groups excluding carboxylic acids is 2. The molecule has 0 fully saturated rings. The van der Waals surface area contributed by atoms with Gasteiger partial charge < -0.3 is 9.72 Å². The molecule has 0 spiro atoms. The van der Waals surface area contributed by atoms with Crippen molar-refractivity contribution in [3.63, 3.8) is 0 Å². The Morgan fingerprint density at radius 2 is 1.78 bits per heavy atom. The molecule has 0 radical (unpaired) electrons. The molecule has 140 valence electrons. The number of aromatic nitrogens is 1. The number of aromatic amines is 1. The number of Topliss-reactive ketones (excluding diaryl/α,β-unsaturated/α-hetero) is 1. The maximum absolute atomic E-state index is 12.5. The van der Waals surface area contributed by atoms with E-state index in [1.54, 1.807) is 12.3 Å². The minimum absolute atomic E-state index is 0.0528. The number of alkyl halides is 3. The Morgan fingerprint density at radius 1 is 1.07 bits per heavy atom. The Bertz CT molecular complexity index is 988. The lowest BCUT2D eigenvalue weighted by Gasteiger charge is -2.08. The van der Waals surface area contributed by atoms with Crippen molar-refractivity contribution in [2.45, 2.75) is 19.5 Å². The summed E-state index contributed by atoms with van der Waals surface area (Å²) in [7, 11) is 0. The first-order chi connectivity index (χ1) is 12.8. The third-order valence-electron chi connectivity index (χ3n) is 4.27. The van der Waals surface area contributed by atoms with Gasteiger partial charge in [-0.3, -0.25) is 4.79 Å². The highest BCUT2D eigenvalue weighted by molar-refractivity contribution is 6.09. The molecule has 0 aliphatic carbocycles. The molecule has 0 aliphatic heterocycles. The van der Waals surface area contributed by atoms with Crippen LogP contribution in [0.15, 0.2) is 48.7 Å². The molecule has 3 aromatic rings. The van der Waals surface area contributed by atoms with Crippen LogP contribution < -0.4 is 0 Å². The standard InChI is InChI=1S/C20H16F3NO3/c1-2-12-4-3-5-15-16(10-24-18(12)15)17(25)11-27-19(26)13-6-8-14(9-7-13)20(21,22)23/h3-10,24H,2,11H2,1H3. The molecule has 4 nitrogen and oxygen atoms in total. The molecule has 1 N–H and O–H groups in total. The van der Waals surface area contributed by atoms with E-state index in [9.17, 15) is 22.8 Å². The number of para-hydroxylation sites is 1. The van der Waals surface area contributed by atoms with Crippen molar-refractivity contribution < 1.29 is 27.5 Å². The monoisotopic (exact) mass is 375 g/mol. The van der Waals surface area contributed by atoms with E-state index >= 15 is 0 Å². The summed E-state index contributed by atoms with van der Waals surface area (Å²) in [6, 6.07) is 9.24. The molecule has 0 bridgehead atoms. The lowest BCUT2D eigenvalue weighted by Crippen LogP contribution is -2.14. The van der Waals surface area contributed by atoms with Gasteiger partial charge in [-0.2, -0.15) is 13.2 Å². The Morgan fingerprint density at radius 3 is 2.41 bits per heavy atom. The normalized spacial score (nSPS) is 11.6. The minimum Gasteiger partial charge on any atom is -0.454 e. The van der Waals surface area contributed by atoms with Crippen LogP contribution >= 0.6 is 0 Å². The van der Waals surface area contributed by atoms with Crippen LogP contribution in [-0.2, 0) is 17.3 Å². The molecule has 0 saturated heterocycles. The largest absolute Gasteiger partial charge is 0.454 e. The van der Waals surface area contributed by atoms with Crippen LogP contribution in [0, 0.1) is 0 Å². The van der Waals surface area contributed by atoms with E-state index in [4.69, 9.17) is 4.74 Å². The molecule has 0 atom stereocenters. The van der Waals surface area contributed by atoms with Gasteiger partial charge in [-0.15, -0.1) is 0 Å². The first-order valence-electron chi connectivity index (χ1n) is 8.27. The van der Waals surface area contributed by atoms with Crippen molar-refractivity contribution in [1.29, 1.82) is 0 Å². The van der Waals surface area contributed by atoms with Gasteiger partial charge in [0.05, 0.1) is 11.1 Å². The zero-order valence-electron chi connectivity index (χ0n) is 14.4. The molecule has 0 saturated carbocycles. The molecule has 7 heteroatoms. The Kier molecular flexibility index (Phi) is 5.03. The number of fused-ring (bicyclic) bond motifs is 1. The summed E-state index contributed by atoms with van der Waals surface area (Å²) < 4.78 is 42.6. The predicted molar refractivity (Wildman–Crippen MR) is 93.7 cm³/mol. The number of hydrogen-bond donors (Lipinski definition) is 1. The van der Waals surface area contributed by atoms with Gasteiger partial charge in [0.2, 0.25) is 5.78 Å². The van der Waals surface area contributed by atoms with Gasteiger partial charge in [0.15, 0.2) is 6.61 Å². The van der Waals surface area contributed by atoms with Crippen LogP contribution in [0.25, 0.3) is 10.9 Å². The number of nitrogens with one attached hydrogen (secondary N) is 1. The second-order valence-corrected chi connectivity index (χ2v) is 5.97. The Hall–Kier alpha value is -3.09. The molecular weight excluding hydrogens is 359 g/mol. The number of halogens is 3. The fourth-order valence-corrected chi connectivity index (χ4v) is 2.83. The van der Waals surface area contributed by atoms with Crippen molar-refractivity contribution in [3.05, 3.63) is 70.9 Å². The van der Waals surface area contributed by atoms with E-state index in [-0.39, 0.29) is 5.56 Å². The number of benzene rings is 2. The van der Waals surface area contributed by atoms with Gasteiger partial charge in [-0.25, -0.2) is 4.79 Å². The summed E-state index contributed by atoms with van der Waals surface area (Å²) in [5.41, 5.74) is 1.41. The van der Waals surface area contributed by atoms with E-state index in [0.717, 1.165) is 47.2 Å². The van der Waals surface area contributed by atoms with Crippen molar-refractivity contribution in [2.24, 2.45) is 0 Å². The summed E-state index contributed by atoms with van der Waals surface area (Å²) in [4.78, 5) is 27.4. The molecule has 0 aliphatic rings. The lowest BCUT2D eigenvalue weighted by atomic mass is 10.1. The SMILES string of the molecule is CCc1cccc2c(C(=O)COC(=O)c3ccc(C(F)(F)F)cc3)c[nH]c12.